The van der Waals surface area contributed by atoms with Gasteiger partial charge in [-0.3, -0.25) is 0 Å². The molecule has 0 radical (unpaired) electrons. The molecular weight excluding hydrogens is 279 g/mol. The molecule has 1 aliphatic heterocycles. The second kappa shape index (κ2) is 6.34. The van der Waals surface area contributed by atoms with Crippen LogP contribution in [0.3, 0.4) is 0 Å². The first-order valence-corrected chi connectivity index (χ1v) is 7.81. The molecule has 1 aromatic carbocycles. The lowest BCUT2D eigenvalue weighted by atomic mass is 9.92. The maximum absolute atomic E-state index is 6.34. The van der Waals surface area contributed by atoms with Crippen molar-refractivity contribution in [2.75, 3.05) is 24.5 Å². The van der Waals surface area contributed by atoms with Crippen molar-refractivity contribution in [3.63, 3.8) is 0 Å². The van der Waals surface area contributed by atoms with Crippen molar-refractivity contribution in [1.29, 1.82) is 0 Å². The zero-order valence-corrected chi connectivity index (χ0v) is 13.2. The van der Waals surface area contributed by atoms with Gasteiger partial charge in [0.05, 0.1) is 10.7 Å². The molecule has 0 atom stereocenters. The molecule has 106 valence electrons. The fourth-order valence-corrected chi connectivity index (χ4v) is 3.18. The van der Waals surface area contributed by atoms with Gasteiger partial charge in [0.2, 0.25) is 0 Å². The van der Waals surface area contributed by atoms with Gasteiger partial charge in [-0.1, -0.05) is 37.0 Å². The highest BCUT2D eigenvalue weighted by Gasteiger charge is 2.30. The molecule has 0 amide bonds. The maximum atomic E-state index is 6.34. The predicted octanol–water partition coefficient (Wildman–Crippen LogP) is 4.35. The quantitative estimate of drug-likeness (QED) is 0.893. The van der Waals surface area contributed by atoms with Crippen LogP contribution in [0, 0.1) is 0 Å². The third kappa shape index (κ3) is 3.36. The largest absolute Gasteiger partial charge is 0.368 e. The molecule has 2 rings (SSSR count). The zero-order chi connectivity index (χ0) is 13.9. The molecule has 1 aromatic rings. The van der Waals surface area contributed by atoms with Crippen molar-refractivity contribution in [3.05, 3.63) is 28.2 Å². The van der Waals surface area contributed by atoms with E-state index in [0.29, 0.717) is 0 Å². The highest BCUT2D eigenvalue weighted by molar-refractivity contribution is 6.35. The zero-order valence-electron chi connectivity index (χ0n) is 11.7. The summed E-state index contributed by atoms with van der Waals surface area (Å²) in [5.74, 6) is 0. The van der Waals surface area contributed by atoms with Crippen LogP contribution in [0.5, 0.6) is 0 Å². The van der Waals surface area contributed by atoms with E-state index in [0.717, 1.165) is 54.6 Å². The maximum Gasteiger partial charge on any atom is 0.0640 e. The van der Waals surface area contributed by atoms with E-state index in [2.05, 4.69) is 24.1 Å². The minimum Gasteiger partial charge on any atom is -0.368 e. The smallest absolute Gasteiger partial charge is 0.0640 e. The molecule has 0 bridgehead atoms. The SMILES string of the molecule is CCC1(CC)CN(c2cc(Cl)ccc2Cl)CCCN1. The van der Waals surface area contributed by atoms with Gasteiger partial charge in [0.1, 0.15) is 0 Å². The molecular formula is C15H22Cl2N2. The number of anilines is 1. The second-order valence-corrected chi connectivity index (χ2v) is 6.13. The summed E-state index contributed by atoms with van der Waals surface area (Å²) in [6.07, 6.45) is 3.38. The highest BCUT2D eigenvalue weighted by Crippen LogP contribution is 2.32. The van der Waals surface area contributed by atoms with Crippen LogP contribution >= 0.6 is 23.2 Å². The van der Waals surface area contributed by atoms with Crippen LogP contribution in [0.25, 0.3) is 0 Å². The third-order valence-electron chi connectivity index (χ3n) is 4.20. The van der Waals surface area contributed by atoms with Crippen LogP contribution in [-0.2, 0) is 0 Å². The number of hydrogen-bond acceptors (Lipinski definition) is 2. The van der Waals surface area contributed by atoms with Crippen molar-refractivity contribution in [2.45, 2.75) is 38.6 Å². The average molecular weight is 301 g/mol. The molecule has 0 saturated carbocycles. The van der Waals surface area contributed by atoms with Gasteiger partial charge in [0.25, 0.3) is 0 Å². The molecule has 1 saturated heterocycles. The topological polar surface area (TPSA) is 15.3 Å². The van der Waals surface area contributed by atoms with E-state index in [1.165, 1.54) is 0 Å². The van der Waals surface area contributed by atoms with Crippen molar-refractivity contribution in [2.24, 2.45) is 0 Å². The number of halogens is 2. The summed E-state index contributed by atoms with van der Waals surface area (Å²) < 4.78 is 0. The number of nitrogens with zero attached hydrogens (tertiary/aromatic N) is 1. The Bertz CT molecular complexity index is 430. The van der Waals surface area contributed by atoms with E-state index >= 15 is 0 Å². The fraction of sp³-hybridized carbons (Fsp3) is 0.600. The molecule has 0 spiro atoms. The van der Waals surface area contributed by atoms with Crippen LogP contribution in [0.15, 0.2) is 18.2 Å². The summed E-state index contributed by atoms with van der Waals surface area (Å²) in [5.41, 5.74) is 1.24. The van der Waals surface area contributed by atoms with Gasteiger partial charge in [-0.2, -0.15) is 0 Å². The second-order valence-electron chi connectivity index (χ2n) is 5.29. The Morgan fingerprint density at radius 3 is 2.68 bits per heavy atom. The first kappa shape index (κ1) is 15.0. The van der Waals surface area contributed by atoms with E-state index in [-0.39, 0.29) is 5.54 Å². The molecule has 2 nitrogen and oxygen atoms in total. The standard InChI is InChI=1S/C15H22Cl2N2/c1-3-15(4-2)11-19(9-5-8-18-15)14-10-12(16)6-7-13(14)17/h6-7,10,18H,3-5,8-9,11H2,1-2H3. The van der Waals surface area contributed by atoms with Crippen LogP contribution in [0.1, 0.15) is 33.1 Å². The van der Waals surface area contributed by atoms with Crippen LogP contribution in [-0.4, -0.2) is 25.2 Å². The predicted molar refractivity (Wildman–Crippen MR) is 84.6 cm³/mol. The Kier molecular flexibility index (Phi) is 4.99. The highest BCUT2D eigenvalue weighted by atomic mass is 35.5. The molecule has 0 aliphatic carbocycles. The third-order valence-corrected chi connectivity index (χ3v) is 4.76. The minimum absolute atomic E-state index is 0.183. The summed E-state index contributed by atoms with van der Waals surface area (Å²) in [7, 11) is 0. The summed E-state index contributed by atoms with van der Waals surface area (Å²) in [4.78, 5) is 2.38. The molecule has 1 N–H and O–H groups in total. The molecule has 0 aromatic heterocycles. The summed E-state index contributed by atoms with van der Waals surface area (Å²) in [5, 5.41) is 5.24. The average Bonchev–Trinajstić information content (AvgIpc) is 2.64. The summed E-state index contributed by atoms with van der Waals surface area (Å²) in [6, 6.07) is 5.71. The lowest BCUT2D eigenvalue weighted by Crippen LogP contribution is -2.50. The summed E-state index contributed by atoms with van der Waals surface area (Å²) in [6.45, 7) is 7.57. The lowest BCUT2D eigenvalue weighted by molar-refractivity contribution is 0.321. The van der Waals surface area contributed by atoms with Gasteiger partial charge >= 0.3 is 0 Å². The van der Waals surface area contributed by atoms with Gasteiger partial charge in [-0.05, 0) is 44.0 Å². The van der Waals surface area contributed by atoms with Crippen molar-refractivity contribution >= 4 is 28.9 Å². The van der Waals surface area contributed by atoms with E-state index < -0.39 is 0 Å². The minimum atomic E-state index is 0.183. The molecule has 0 unspecified atom stereocenters. The summed E-state index contributed by atoms with van der Waals surface area (Å²) >= 11 is 12.5. The van der Waals surface area contributed by atoms with E-state index in [1.54, 1.807) is 0 Å². The Labute approximate surface area is 126 Å². The molecule has 1 fully saturated rings. The Hall–Kier alpha value is -0.440. The van der Waals surface area contributed by atoms with Crippen LogP contribution in [0.4, 0.5) is 5.69 Å². The van der Waals surface area contributed by atoms with Crippen LogP contribution in [0.2, 0.25) is 10.0 Å². The van der Waals surface area contributed by atoms with Gasteiger partial charge in [-0.25, -0.2) is 0 Å². The van der Waals surface area contributed by atoms with E-state index in [1.807, 2.05) is 18.2 Å². The van der Waals surface area contributed by atoms with Crippen molar-refractivity contribution in [3.8, 4) is 0 Å². The lowest BCUT2D eigenvalue weighted by Gasteiger charge is -2.36. The van der Waals surface area contributed by atoms with Crippen LogP contribution < -0.4 is 10.2 Å². The van der Waals surface area contributed by atoms with E-state index in [9.17, 15) is 0 Å². The molecule has 4 heteroatoms. The number of nitrogens with one attached hydrogen (secondary N) is 1. The van der Waals surface area contributed by atoms with Gasteiger partial charge < -0.3 is 10.2 Å². The Morgan fingerprint density at radius 1 is 1.26 bits per heavy atom. The molecule has 1 heterocycles. The molecule has 19 heavy (non-hydrogen) atoms. The van der Waals surface area contributed by atoms with Crippen molar-refractivity contribution in [1.82, 2.24) is 5.32 Å². The first-order valence-electron chi connectivity index (χ1n) is 7.05. The van der Waals surface area contributed by atoms with Gasteiger partial charge in [0, 0.05) is 23.7 Å². The van der Waals surface area contributed by atoms with Gasteiger partial charge in [0.15, 0.2) is 0 Å². The number of benzene rings is 1. The Balaban J connectivity index is 2.29. The first-order chi connectivity index (χ1) is 9.10. The fourth-order valence-electron chi connectivity index (χ4n) is 2.78. The van der Waals surface area contributed by atoms with Gasteiger partial charge in [-0.15, -0.1) is 0 Å². The Morgan fingerprint density at radius 2 is 2.00 bits per heavy atom. The van der Waals surface area contributed by atoms with Crippen molar-refractivity contribution < 1.29 is 0 Å². The number of hydrogen-bond donors (Lipinski definition) is 1. The normalized spacial score (nSPS) is 19.3. The molecule has 1 aliphatic rings. The monoisotopic (exact) mass is 300 g/mol. The number of rotatable bonds is 3. The van der Waals surface area contributed by atoms with E-state index in [4.69, 9.17) is 23.2 Å².